The maximum Gasteiger partial charge on any atom is 0.225 e. The molecule has 1 saturated heterocycles. The number of hydrogen-bond donors (Lipinski definition) is 2. The van der Waals surface area contributed by atoms with E-state index in [-0.39, 0.29) is 5.92 Å². The largest absolute Gasteiger partial charge is 0.390 e. The Morgan fingerprint density at radius 3 is 2.67 bits per heavy atom. The van der Waals surface area contributed by atoms with Crippen LogP contribution in [0.4, 0.5) is 0 Å². The fraction of sp³-hybridized carbons (Fsp3) is 0.929. The summed E-state index contributed by atoms with van der Waals surface area (Å²) in [7, 11) is 0. The van der Waals surface area contributed by atoms with E-state index in [1.165, 1.54) is 6.42 Å². The predicted octanol–water partition coefficient (Wildman–Crippen LogP) is 1.12. The molecule has 1 aliphatic heterocycles. The van der Waals surface area contributed by atoms with Crippen LogP contribution >= 0.6 is 0 Å². The molecule has 0 aromatic heterocycles. The number of nitrogens with zero attached hydrogens (tertiary/aromatic N) is 1. The highest BCUT2D eigenvalue weighted by Crippen LogP contribution is 2.31. The molecule has 4 heteroatoms. The van der Waals surface area contributed by atoms with Crippen molar-refractivity contribution in [3.63, 3.8) is 0 Å². The van der Waals surface area contributed by atoms with E-state index < -0.39 is 5.60 Å². The Bertz CT molecular complexity index is 294. The zero-order valence-electron chi connectivity index (χ0n) is 11.4. The normalized spacial score (nSPS) is 32.3. The molecule has 1 aliphatic carbocycles. The van der Waals surface area contributed by atoms with Crippen LogP contribution in [0.1, 0.15) is 45.4 Å². The van der Waals surface area contributed by atoms with Crippen LogP contribution in [0, 0.1) is 11.8 Å². The summed E-state index contributed by atoms with van der Waals surface area (Å²) in [5.74, 6) is 1.000. The number of carbonyl (C=O) groups excluding carboxylic acids is 1. The van der Waals surface area contributed by atoms with Crippen molar-refractivity contribution >= 4 is 5.91 Å². The van der Waals surface area contributed by atoms with Crippen molar-refractivity contribution < 1.29 is 9.90 Å². The van der Waals surface area contributed by atoms with Crippen molar-refractivity contribution in [1.82, 2.24) is 4.90 Å². The third kappa shape index (κ3) is 3.23. The second-order valence-electron chi connectivity index (χ2n) is 6.29. The van der Waals surface area contributed by atoms with Gasteiger partial charge in [-0.2, -0.15) is 0 Å². The van der Waals surface area contributed by atoms with Gasteiger partial charge in [0.05, 0.1) is 5.60 Å². The summed E-state index contributed by atoms with van der Waals surface area (Å²) in [6.45, 7) is 3.98. The van der Waals surface area contributed by atoms with Crippen molar-refractivity contribution in [2.24, 2.45) is 17.6 Å². The SMILES string of the molecule is CC1(O)CCN(C(=O)C2CCCC(CN)C2)CC1. The summed E-state index contributed by atoms with van der Waals surface area (Å²) in [4.78, 5) is 14.4. The van der Waals surface area contributed by atoms with Crippen molar-refractivity contribution in [1.29, 1.82) is 0 Å². The molecule has 1 saturated carbocycles. The minimum atomic E-state index is -0.580. The fourth-order valence-corrected chi connectivity index (χ4v) is 3.20. The highest BCUT2D eigenvalue weighted by atomic mass is 16.3. The van der Waals surface area contributed by atoms with E-state index in [0.29, 0.717) is 44.3 Å². The minimum absolute atomic E-state index is 0.176. The summed E-state index contributed by atoms with van der Waals surface area (Å²) in [6.07, 6.45) is 5.68. The monoisotopic (exact) mass is 254 g/mol. The molecule has 4 nitrogen and oxygen atoms in total. The fourth-order valence-electron chi connectivity index (χ4n) is 3.20. The molecule has 0 aromatic carbocycles. The Morgan fingerprint density at radius 2 is 2.06 bits per heavy atom. The Kier molecular flexibility index (Phi) is 4.28. The van der Waals surface area contributed by atoms with Crippen LogP contribution in [0.15, 0.2) is 0 Å². The summed E-state index contributed by atoms with van der Waals surface area (Å²) in [6, 6.07) is 0. The lowest BCUT2D eigenvalue weighted by molar-refractivity contribution is -0.140. The first kappa shape index (κ1) is 13.8. The highest BCUT2D eigenvalue weighted by molar-refractivity contribution is 5.79. The molecule has 3 N–H and O–H groups in total. The standard InChI is InChI=1S/C14H26N2O2/c1-14(18)5-7-16(8-6-14)13(17)12-4-2-3-11(9-12)10-15/h11-12,18H,2-10,15H2,1H3. The van der Waals surface area contributed by atoms with Crippen LogP contribution in [0.25, 0.3) is 0 Å². The first-order chi connectivity index (χ1) is 8.52. The number of piperidine rings is 1. The topological polar surface area (TPSA) is 66.6 Å². The van der Waals surface area contributed by atoms with E-state index in [4.69, 9.17) is 5.73 Å². The smallest absolute Gasteiger partial charge is 0.225 e. The van der Waals surface area contributed by atoms with Crippen molar-refractivity contribution in [2.45, 2.75) is 51.0 Å². The van der Waals surface area contributed by atoms with E-state index in [9.17, 15) is 9.90 Å². The van der Waals surface area contributed by atoms with Gasteiger partial charge in [-0.1, -0.05) is 6.42 Å². The average molecular weight is 254 g/mol. The number of hydrogen-bond acceptors (Lipinski definition) is 3. The molecule has 2 atom stereocenters. The molecular formula is C14H26N2O2. The molecule has 2 rings (SSSR count). The molecule has 2 aliphatic rings. The van der Waals surface area contributed by atoms with Crippen LogP contribution < -0.4 is 5.73 Å². The maximum atomic E-state index is 12.4. The number of aliphatic hydroxyl groups is 1. The summed E-state index contributed by atoms with van der Waals surface area (Å²) in [5.41, 5.74) is 5.14. The second kappa shape index (κ2) is 5.57. The molecule has 1 amide bonds. The Morgan fingerprint density at radius 1 is 1.39 bits per heavy atom. The zero-order valence-corrected chi connectivity index (χ0v) is 11.4. The van der Waals surface area contributed by atoms with Gasteiger partial charge in [-0.25, -0.2) is 0 Å². The van der Waals surface area contributed by atoms with Crippen LogP contribution in [0.3, 0.4) is 0 Å². The van der Waals surface area contributed by atoms with Crippen molar-refractivity contribution in [2.75, 3.05) is 19.6 Å². The van der Waals surface area contributed by atoms with Gasteiger partial charge in [0, 0.05) is 19.0 Å². The maximum absolute atomic E-state index is 12.4. The Balaban J connectivity index is 1.87. The van der Waals surface area contributed by atoms with Gasteiger partial charge in [-0.3, -0.25) is 4.79 Å². The molecule has 0 aromatic rings. The summed E-state index contributed by atoms with van der Waals surface area (Å²) in [5, 5.41) is 9.91. The van der Waals surface area contributed by atoms with Crippen LogP contribution in [0.5, 0.6) is 0 Å². The van der Waals surface area contributed by atoms with E-state index in [1.807, 2.05) is 11.8 Å². The van der Waals surface area contributed by atoms with Crippen molar-refractivity contribution in [3.05, 3.63) is 0 Å². The molecule has 0 bridgehead atoms. The highest BCUT2D eigenvalue weighted by Gasteiger charge is 2.34. The number of likely N-dealkylation sites (tertiary alicyclic amines) is 1. The average Bonchev–Trinajstić information content (AvgIpc) is 2.38. The third-order valence-corrected chi connectivity index (χ3v) is 4.62. The molecule has 2 unspecified atom stereocenters. The number of nitrogens with two attached hydrogens (primary N) is 1. The van der Waals surface area contributed by atoms with Crippen LogP contribution in [-0.4, -0.2) is 41.1 Å². The lowest BCUT2D eigenvalue weighted by atomic mass is 9.80. The van der Waals surface area contributed by atoms with Gasteiger partial charge in [0.15, 0.2) is 0 Å². The second-order valence-corrected chi connectivity index (χ2v) is 6.29. The summed E-state index contributed by atoms with van der Waals surface area (Å²) >= 11 is 0. The Hall–Kier alpha value is -0.610. The molecule has 0 radical (unpaired) electrons. The van der Waals surface area contributed by atoms with Gasteiger partial charge in [0.25, 0.3) is 0 Å². The molecule has 104 valence electrons. The van der Waals surface area contributed by atoms with Gasteiger partial charge in [-0.15, -0.1) is 0 Å². The first-order valence-electron chi connectivity index (χ1n) is 7.23. The lowest BCUT2D eigenvalue weighted by Crippen LogP contribution is -2.47. The van der Waals surface area contributed by atoms with Crippen LogP contribution in [0.2, 0.25) is 0 Å². The quantitative estimate of drug-likeness (QED) is 0.776. The van der Waals surface area contributed by atoms with Crippen LogP contribution in [-0.2, 0) is 4.79 Å². The van der Waals surface area contributed by atoms with E-state index >= 15 is 0 Å². The number of rotatable bonds is 2. The Labute approximate surface area is 110 Å². The van der Waals surface area contributed by atoms with Gasteiger partial charge in [0.1, 0.15) is 0 Å². The molecular weight excluding hydrogens is 228 g/mol. The minimum Gasteiger partial charge on any atom is -0.390 e. The van der Waals surface area contributed by atoms with Gasteiger partial charge in [-0.05, 0) is 51.5 Å². The lowest BCUT2D eigenvalue weighted by Gasteiger charge is -2.38. The molecule has 18 heavy (non-hydrogen) atoms. The predicted molar refractivity (Wildman–Crippen MR) is 70.9 cm³/mol. The number of amides is 1. The van der Waals surface area contributed by atoms with Gasteiger partial charge >= 0.3 is 0 Å². The van der Waals surface area contributed by atoms with E-state index in [0.717, 1.165) is 19.3 Å². The van der Waals surface area contributed by atoms with Crippen molar-refractivity contribution in [3.8, 4) is 0 Å². The zero-order chi connectivity index (χ0) is 13.2. The molecule has 1 heterocycles. The molecule has 2 fully saturated rings. The molecule has 0 spiro atoms. The van der Waals surface area contributed by atoms with Gasteiger partial charge < -0.3 is 15.7 Å². The third-order valence-electron chi connectivity index (χ3n) is 4.62. The van der Waals surface area contributed by atoms with E-state index in [1.54, 1.807) is 0 Å². The van der Waals surface area contributed by atoms with Gasteiger partial charge in [0.2, 0.25) is 5.91 Å². The van der Waals surface area contributed by atoms with E-state index in [2.05, 4.69) is 0 Å². The first-order valence-corrected chi connectivity index (χ1v) is 7.23. The summed E-state index contributed by atoms with van der Waals surface area (Å²) < 4.78 is 0. The number of carbonyl (C=O) groups is 1.